The summed E-state index contributed by atoms with van der Waals surface area (Å²) in [4.78, 5) is 26.5. The Bertz CT molecular complexity index is 772. The van der Waals surface area contributed by atoms with Crippen molar-refractivity contribution in [1.29, 1.82) is 0 Å². The Morgan fingerprint density at radius 1 is 0.521 bits per heavy atom. The van der Waals surface area contributed by atoms with Gasteiger partial charge in [0.25, 0.3) is 0 Å². The number of Topliss-reactive ketones (excluding diaryl/α,β-unsaturated/α-hetero) is 2. The smallest absolute Gasteiger partial charge is 0.138 e. The number of hydrogen-bond donors (Lipinski definition) is 2. The van der Waals surface area contributed by atoms with Crippen LogP contribution < -0.4 is 5.73 Å². The molecule has 0 amide bonds. The highest BCUT2D eigenvalue weighted by Gasteiger charge is 2.35. The lowest BCUT2D eigenvalue weighted by Gasteiger charge is -2.30. The number of allylic oxidation sites excluding steroid dienone is 4. The van der Waals surface area contributed by atoms with Crippen LogP contribution in [0.5, 0.6) is 0 Å². The van der Waals surface area contributed by atoms with E-state index in [1.54, 1.807) is 0 Å². The van der Waals surface area contributed by atoms with Gasteiger partial charge in [-0.05, 0) is 84.5 Å². The van der Waals surface area contributed by atoms with E-state index in [9.17, 15) is 14.7 Å². The summed E-state index contributed by atoms with van der Waals surface area (Å²) in [5, 5.41) is 10.2. The quantitative estimate of drug-likeness (QED) is 0.0495. The molecule has 48 heavy (non-hydrogen) atoms. The van der Waals surface area contributed by atoms with Crippen LogP contribution in [0.15, 0.2) is 24.3 Å². The molecule has 0 saturated carbocycles. The number of aliphatic hydroxyl groups excluding tert-OH is 1. The average Bonchev–Trinajstić information content (AvgIpc) is 3.04. The summed E-state index contributed by atoms with van der Waals surface area (Å²) in [6.07, 6.45) is 42.6. The zero-order valence-corrected chi connectivity index (χ0v) is 34.1. The Kier molecular flexibility index (Phi) is 37.0. The average molecular weight is 741 g/mol. The molecule has 284 valence electrons. The number of ketones is 2. The second-order valence-electron chi connectivity index (χ2n) is 15.2. The molecule has 0 rings (SSSR count). The summed E-state index contributed by atoms with van der Waals surface area (Å²) in [6.45, 7) is 8.10. The SMILES string of the molecule is Br.CCCCCCCC/C=C\CCCCCCCC(=O)C(CO)C(CC(C)(C)N)C(=O)CCCCCCC/C=C\CCCCCCCC. The van der Waals surface area contributed by atoms with Crippen LogP contribution in [0.4, 0.5) is 0 Å². The standard InChI is InChI=1S/C43H81NO3.BrH/c1-5-7-9-11-13-15-17-19-21-23-25-27-29-31-33-35-41(46)39(37-43(3,4)44)40(38-45)42(47)36-34-32-30-28-26-24-22-20-18-16-14-12-10-8-6-2;/h19-22,39-40,45H,5-18,23-38,44H2,1-4H3;1H/b21-19-,22-20-;. The number of carbonyl (C=O) groups is 2. The molecule has 0 aliphatic rings. The van der Waals surface area contributed by atoms with Gasteiger partial charge in [0.15, 0.2) is 0 Å². The van der Waals surface area contributed by atoms with Gasteiger partial charge in [-0.2, -0.15) is 0 Å². The van der Waals surface area contributed by atoms with Crippen molar-refractivity contribution in [2.75, 3.05) is 6.61 Å². The van der Waals surface area contributed by atoms with Gasteiger partial charge in [-0.3, -0.25) is 9.59 Å². The van der Waals surface area contributed by atoms with Gasteiger partial charge < -0.3 is 10.8 Å². The van der Waals surface area contributed by atoms with Gasteiger partial charge in [-0.1, -0.05) is 141 Å². The minimum Gasteiger partial charge on any atom is -0.396 e. The third-order valence-corrected chi connectivity index (χ3v) is 9.63. The molecule has 3 N–H and O–H groups in total. The van der Waals surface area contributed by atoms with Crippen molar-refractivity contribution in [3.05, 3.63) is 24.3 Å². The van der Waals surface area contributed by atoms with E-state index < -0.39 is 17.4 Å². The topological polar surface area (TPSA) is 80.4 Å². The van der Waals surface area contributed by atoms with Crippen molar-refractivity contribution in [3.8, 4) is 0 Å². The largest absolute Gasteiger partial charge is 0.396 e. The maximum atomic E-state index is 13.3. The van der Waals surface area contributed by atoms with Gasteiger partial charge in [0.2, 0.25) is 0 Å². The monoisotopic (exact) mass is 740 g/mol. The number of rotatable bonds is 36. The molecular formula is C43H82BrNO3. The van der Waals surface area contributed by atoms with Crippen LogP contribution in [-0.4, -0.2) is 28.8 Å². The second-order valence-corrected chi connectivity index (χ2v) is 15.2. The van der Waals surface area contributed by atoms with Crippen molar-refractivity contribution in [1.82, 2.24) is 0 Å². The molecule has 0 spiro atoms. The molecule has 0 bridgehead atoms. The maximum Gasteiger partial charge on any atom is 0.138 e. The molecule has 0 saturated heterocycles. The molecule has 0 fully saturated rings. The third-order valence-electron chi connectivity index (χ3n) is 9.63. The fourth-order valence-electron chi connectivity index (χ4n) is 6.61. The van der Waals surface area contributed by atoms with Crippen LogP contribution in [-0.2, 0) is 9.59 Å². The summed E-state index contributed by atoms with van der Waals surface area (Å²) in [5.74, 6) is -0.951. The normalized spacial score (nSPS) is 13.3. The van der Waals surface area contributed by atoms with Crippen LogP contribution in [0.2, 0.25) is 0 Å². The first-order valence-electron chi connectivity index (χ1n) is 20.5. The van der Waals surface area contributed by atoms with Crippen LogP contribution >= 0.6 is 17.0 Å². The number of hydrogen-bond acceptors (Lipinski definition) is 4. The Morgan fingerprint density at radius 3 is 1.12 bits per heavy atom. The molecule has 0 heterocycles. The molecule has 0 aromatic rings. The van der Waals surface area contributed by atoms with E-state index in [0.717, 1.165) is 51.4 Å². The lowest BCUT2D eigenvalue weighted by molar-refractivity contribution is -0.135. The first-order valence-corrected chi connectivity index (χ1v) is 20.5. The number of unbranched alkanes of at least 4 members (excludes halogenated alkanes) is 22. The van der Waals surface area contributed by atoms with E-state index >= 15 is 0 Å². The van der Waals surface area contributed by atoms with Gasteiger partial charge in [0.05, 0.1) is 12.5 Å². The predicted molar refractivity (Wildman–Crippen MR) is 216 cm³/mol. The number of aliphatic hydroxyl groups is 1. The number of carbonyl (C=O) groups excluding carboxylic acids is 2. The van der Waals surface area contributed by atoms with Crippen molar-refractivity contribution in [3.63, 3.8) is 0 Å². The molecule has 0 aromatic heterocycles. The zero-order valence-electron chi connectivity index (χ0n) is 32.4. The summed E-state index contributed by atoms with van der Waals surface area (Å²) in [5.41, 5.74) is 5.78. The predicted octanol–water partition coefficient (Wildman–Crippen LogP) is 13.1. The molecule has 5 heteroatoms. The van der Waals surface area contributed by atoms with Crippen molar-refractivity contribution >= 4 is 28.5 Å². The molecule has 0 aliphatic heterocycles. The van der Waals surface area contributed by atoms with E-state index in [2.05, 4.69) is 38.2 Å². The van der Waals surface area contributed by atoms with Crippen LogP contribution in [0.25, 0.3) is 0 Å². The molecule has 2 atom stereocenters. The van der Waals surface area contributed by atoms with E-state index in [4.69, 9.17) is 5.73 Å². The Hall–Kier alpha value is -0.780. The fraction of sp³-hybridized carbons (Fsp3) is 0.860. The fourth-order valence-corrected chi connectivity index (χ4v) is 6.61. The molecule has 2 unspecified atom stereocenters. The first kappa shape index (κ1) is 49.3. The second kappa shape index (κ2) is 36.0. The van der Waals surface area contributed by atoms with E-state index in [-0.39, 0.29) is 35.2 Å². The molecular weight excluding hydrogens is 658 g/mol. The highest BCUT2D eigenvalue weighted by molar-refractivity contribution is 8.93. The van der Waals surface area contributed by atoms with Gasteiger partial charge in [0.1, 0.15) is 11.6 Å². The Morgan fingerprint density at radius 2 is 0.812 bits per heavy atom. The summed E-state index contributed by atoms with van der Waals surface area (Å²) < 4.78 is 0. The lowest BCUT2D eigenvalue weighted by atomic mass is 9.76. The Balaban J connectivity index is 0. The van der Waals surface area contributed by atoms with Gasteiger partial charge in [0, 0.05) is 24.3 Å². The summed E-state index contributed by atoms with van der Waals surface area (Å²) in [6, 6.07) is 0. The van der Waals surface area contributed by atoms with Crippen LogP contribution in [0, 0.1) is 11.8 Å². The van der Waals surface area contributed by atoms with Crippen molar-refractivity contribution < 1.29 is 14.7 Å². The van der Waals surface area contributed by atoms with E-state index in [1.165, 1.54) is 116 Å². The Labute approximate surface area is 310 Å². The van der Waals surface area contributed by atoms with Crippen LogP contribution in [0.3, 0.4) is 0 Å². The summed E-state index contributed by atoms with van der Waals surface area (Å²) >= 11 is 0. The van der Waals surface area contributed by atoms with Crippen LogP contribution in [0.1, 0.15) is 214 Å². The lowest BCUT2D eigenvalue weighted by Crippen LogP contribution is -2.42. The van der Waals surface area contributed by atoms with Crippen molar-refractivity contribution in [2.45, 2.75) is 219 Å². The molecule has 4 nitrogen and oxygen atoms in total. The van der Waals surface area contributed by atoms with Gasteiger partial charge in [-0.15, -0.1) is 17.0 Å². The highest BCUT2D eigenvalue weighted by Crippen LogP contribution is 2.27. The first-order chi connectivity index (χ1) is 22.8. The molecule has 0 aromatic carbocycles. The van der Waals surface area contributed by atoms with Gasteiger partial charge in [-0.25, -0.2) is 0 Å². The van der Waals surface area contributed by atoms with E-state index in [1.807, 2.05) is 13.8 Å². The minimum atomic E-state index is -0.620. The molecule has 0 aliphatic carbocycles. The number of halogens is 1. The summed E-state index contributed by atoms with van der Waals surface area (Å²) in [7, 11) is 0. The van der Waals surface area contributed by atoms with Crippen molar-refractivity contribution in [2.24, 2.45) is 17.6 Å². The van der Waals surface area contributed by atoms with Gasteiger partial charge >= 0.3 is 0 Å². The molecule has 0 radical (unpaired) electrons. The maximum absolute atomic E-state index is 13.3. The number of nitrogens with two attached hydrogens (primary N) is 1. The zero-order chi connectivity index (χ0) is 34.9. The third kappa shape index (κ3) is 32.4. The highest BCUT2D eigenvalue weighted by atomic mass is 79.9. The van der Waals surface area contributed by atoms with E-state index in [0.29, 0.717) is 19.3 Å². The minimum absolute atomic E-state index is 0.